The Morgan fingerprint density at radius 2 is 0.750 bits per heavy atom. The highest BCUT2D eigenvalue weighted by Gasteiger charge is 2.23. The maximum absolute atomic E-state index is 11.7. The van der Waals surface area contributed by atoms with Crippen LogP contribution in [0, 0.1) is 143 Å². The SMILES string of the molecule is C#CC#CC#CP(C#CC#CC#C)c1ccccc1C(O)c1ccccc1P(C#CC#CC#C)C#CC#CC#C. The summed E-state index contributed by atoms with van der Waals surface area (Å²) < 4.78 is 0. The van der Waals surface area contributed by atoms with Crippen LogP contribution in [0.4, 0.5) is 0 Å². The zero-order valence-corrected chi connectivity index (χ0v) is 22.6. The third-order valence-corrected chi connectivity index (χ3v) is 7.52. The van der Waals surface area contributed by atoms with Gasteiger partial charge in [0.25, 0.3) is 0 Å². The lowest BCUT2D eigenvalue weighted by atomic mass is 10.0. The van der Waals surface area contributed by atoms with E-state index in [9.17, 15) is 5.11 Å². The van der Waals surface area contributed by atoms with Crippen LogP contribution in [0.3, 0.4) is 0 Å². The summed E-state index contributed by atoms with van der Waals surface area (Å²) in [6, 6.07) is 14.7. The first-order valence-electron chi connectivity index (χ1n) is 11.0. The maximum Gasteiger partial charge on any atom is 0.105 e. The fraction of sp³-hybridized carbons (Fsp3) is 0.0270. The van der Waals surface area contributed by atoms with Gasteiger partial charge in [0.2, 0.25) is 0 Å². The van der Waals surface area contributed by atoms with Gasteiger partial charge in [-0.05, 0) is 128 Å². The molecule has 0 aliphatic carbocycles. The Morgan fingerprint density at radius 3 is 1.05 bits per heavy atom. The molecule has 0 bridgehead atoms. The first-order valence-corrected chi connectivity index (χ1v) is 13.7. The van der Waals surface area contributed by atoms with Crippen molar-refractivity contribution in [3.8, 4) is 143 Å². The van der Waals surface area contributed by atoms with E-state index in [1.807, 2.05) is 48.5 Å². The molecule has 0 unspecified atom stereocenters. The van der Waals surface area contributed by atoms with Gasteiger partial charge in [0.1, 0.15) is 6.10 Å². The molecule has 0 atom stereocenters. The second-order valence-electron chi connectivity index (χ2n) is 6.72. The molecule has 0 aliphatic heterocycles. The predicted molar refractivity (Wildman–Crippen MR) is 168 cm³/mol. The third-order valence-electron chi connectivity index (χ3n) is 4.40. The van der Waals surface area contributed by atoms with E-state index in [1.54, 1.807) is 0 Å². The minimum atomic E-state index is -1.43. The van der Waals surface area contributed by atoms with Crippen LogP contribution in [0.25, 0.3) is 0 Å². The first-order chi connectivity index (χ1) is 19.7. The van der Waals surface area contributed by atoms with Gasteiger partial charge < -0.3 is 5.11 Å². The van der Waals surface area contributed by atoms with E-state index < -0.39 is 21.9 Å². The van der Waals surface area contributed by atoms with Gasteiger partial charge in [-0.3, -0.25) is 0 Å². The number of benzene rings is 2. The van der Waals surface area contributed by atoms with Crippen LogP contribution in [-0.4, -0.2) is 5.11 Å². The predicted octanol–water partition coefficient (Wildman–Crippen LogP) is 3.37. The number of aliphatic hydroxyl groups excluding tert-OH is 1. The van der Waals surface area contributed by atoms with Crippen molar-refractivity contribution >= 4 is 26.5 Å². The largest absolute Gasteiger partial charge is 0.384 e. The summed E-state index contributed by atoms with van der Waals surface area (Å²) in [6.07, 6.45) is 19.7. The highest BCUT2D eigenvalue weighted by atomic mass is 31.1. The molecule has 0 aliphatic rings. The van der Waals surface area contributed by atoms with E-state index in [0.717, 1.165) is 10.6 Å². The molecule has 0 aromatic heterocycles. The van der Waals surface area contributed by atoms with Crippen LogP contribution in [0.1, 0.15) is 17.2 Å². The Morgan fingerprint density at radius 1 is 0.450 bits per heavy atom. The van der Waals surface area contributed by atoms with E-state index in [-0.39, 0.29) is 0 Å². The lowest BCUT2D eigenvalue weighted by molar-refractivity contribution is 0.222. The molecule has 2 aromatic carbocycles. The molecule has 2 rings (SSSR count). The molecule has 3 heteroatoms. The quantitative estimate of drug-likeness (QED) is 0.470. The van der Waals surface area contributed by atoms with Gasteiger partial charge in [-0.25, -0.2) is 0 Å². The molecule has 0 heterocycles. The monoisotopic (exact) mass is 536 g/mol. The second kappa shape index (κ2) is 18.3. The molecule has 40 heavy (non-hydrogen) atoms. The molecule has 1 N–H and O–H groups in total. The van der Waals surface area contributed by atoms with Crippen molar-refractivity contribution in [2.24, 2.45) is 0 Å². The van der Waals surface area contributed by atoms with E-state index in [1.165, 1.54) is 0 Å². The smallest absolute Gasteiger partial charge is 0.105 e. The Bertz CT molecular complexity index is 1730. The average molecular weight is 536 g/mol. The molecule has 178 valence electrons. The van der Waals surface area contributed by atoms with Crippen molar-refractivity contribution in [3.05, 3.63) is 59.7 Å². The standard InChI is InChI=1S/C37H14OP2/c1-5-9-13-21-29-39(30-22-14-10-6-2)35-27-19-17-25-33(35)37(38)34-26-18-20-28-36(34)40(31-23-15-11-7-3)32-24-16-12-8-4/h1-4,17-20,25-28,37-38H. The van der Waals surface area contributed by atoms with Gasteiger partial charge in [0, 0.05) is 10.6 Å². The Labute approximate surface area is 239 Å². The lowest BCUT2D eigenvalue weighted by Gasteiger charge is -2.20. The molecular weight excluding hydrogens is 522 g/mol. The van der Waals surface area contributed by atoms with Crippen LogP contribution >= 0.6 is 15.8 Å². The number of hydrogen-bond acceptors (Lipinski definition) is 1. The molecule has 0 amide bonds. The molecule has 2 aromatic rings. The van der Waals surface area contributed by atoms with Crippen LogP contribution in [-0.2, 0) is 0 Å². The van der Waals surface area contributed by atoms with Crippen LogP contribution in [0.5, 0.6) is 0 Å². The number of terminal acetylenes is 4. The van der Waals surface area contributed by atoms with Crippen molar-refractivity contribution in [2.75, 3.05) is 0 Å². The molecule has 0 saturated heterocycles. The van der Waals surface area contributed by atoms with Crippen molar-refractivity contribution in [2.45, 2.75) is 6.10 Å². The second-order valence-corrected chi connectivity index (χ2v) is 9.92. The van der Waals surface area contributed by atoms with E-state index in [4.69, 9.17) is 25.7 Å². The third kappa shape index (κ3) is 9.79. The van der Waals surface area contributed by atoms with Gasteiger partial charge in [-0.1, -0.05) is 48.5 Å². The fourth-order valence-corrected chi connectivity index (χ4v) is 5.56. The topological polar surface area (TPSA) is 20.2 Å². The minimum absolute atomic E-state index is 0.606. The number of rotatable bonds is 4. The van der Waals surface area contributed by atoms with Crippen LogP contribution in [0.2, 0.25) is 0 Å². The fourth-order valence-electron chi connectivity index (χ4n) is 2.91. The summed E-state index contributed by atoms with van der Waals surface area (Å²) in [5.41, 5.74) is 13.4. The molecule has 0 fully saturated rings. The Balaban J connectivity index is 2.72. The van der Waals surface area contributed by atoms with Gasteiger partial charge in [0.05, 0.1) is 15.8 Å². The summed E-state index contributed by atoms with van der Waals surface area (Å²) in [5.74, 6) is 40.1. The van der Waals surface area contributed by atoms with E-state index in [2.05, 4.69) is 117 Å². The van der Waals surface area contributed by atoms with Gasteiger partial charge >= 0.3 is 0 Å². The molecular formula is C37H14OP2. The van der Waals surface area contributed by atoms with E-state index >= 15 is 0 Å². The summed E-state index contributed by atoms with van der Waals surface area (Å²) in [7, 11) is -2.87. The lowest BCUT2D eigenvalue weighted by Crippen LogP contribution is -2.18. The number of hydrogen-bond donors (Lipinski definition) is 1. The van der Waals surface area contributed by atoms with Crippen molar-refractivity contribution < 1.29 is 5.11 Å². The Hall–Kier alpha value is -6.02. The number of aliphatic hydroxyl groups is 1. The summed E-state index contributed by atoms with van der Waals surface area (Å²) in [4.78, 5) is 0. The van der Waals surface area contributed by atoms with Crippen molar-refractivity contribution in [1.29, 1.82) is 0 Å². The summed E-state index contributed by atoms with van der Waals surface area (Å²) in [6.45, 7) is 0. The summed E-state index contributed by atoms with van der Waals surface area (Å²) in [5, 5.41) is 13.2. The average Bonchev–Trinajstić information content (AvgIpc) is 2.99. The zero-order valence-electron chi connectivity index (χ0n) is 20.8. The van der Waals surface area contributed by atoms with Crippen molar-refractivity contribution in [1.82, 2.24) is 0 Å². The molecule has 0 spiro atoms. The Kier molecular flexibility index (Phi) is 13.8. The van der Waals surface area contributed by atoms with Crippen molar-refractivity contribution in [3.63, 3.8) is 0 Å². The highest BCUT2D eigenvalue weighted by molar-refractivity contribution is 7.75. The van der Waals surface area contributed by atoms with E-state index in [0.29, 0.717) is 11.1 Å². The van der Waals surface area contributed by atoms with Gasteiger partial charge in [0.15, 0.2) is 0 Å². The van der Waals surface area contributed by atoms with Gasteiger partial charge in [-0.2, -0.15) is 0 Å². The molecule has 0 saturated carbocycles. The minimum Gasteiger partial charge on any atom is -0.384 e. The zero-order chi connectivity index (χ0) is 28.8. The van der Waals surface area contributed by atoms with Gasteiger partial charge in [-0.15, -0.1) is 25.7 Å². The summed E-state index contributed by atoms with van der Waals surface area (Å²) >= 11 is 0. The van der Waals surface area contributed by atoms with Crippen LogP contribution in [0.15, 0.2) is 48.5 Å². The molecule has 0 radical (unpaired) electrons. The highest BCUT2D eigenvalue weighted by Crippen LogP contribution is 2.38. The molecule has 1 nitrogen and oxygen atoms in total. The maximum atomic E-state index is 11.7. The van der Waals surface area contributed by atoms with Crippen LogP contribution < -0.4 is 10.6 Å². The first kappa shape index (κ1) is 30.2. The normalized spacial score (nSPS) is 7.60.